The average Bonchev–Trinajstić information content (AvgIpc) is 2.47. The van der Waals surface area contributed by atoms with Crippen molar-refractivity contribution in [2.45, 2.75) is 52.1 Å². The predicted octanol–water partition coefficient (Wildman–Crippen LogP) is 2.08. The van der Waals surface area contributed by atoms with E-state index < -0.39 is 5.60 Å². The van der Waals surface area contributed by atoms with Crippen molar-refractivity contribution in [2.24, 2.45) is 18.4 Å². The Bertz CT molecular complexity index is 620. The van der Waals surface area contributed by atoms with E-state index in [2.05, 4.69) is 26.1 Å². The van der Waals surface area contributed by atoms with Gasteiger partial charge in [0, 0.05) is 19.7 Å². The highest BCUT2D eigenvalue weighted by Crippen LogP contribution is 2.41. The normalized spacial score (nSPS) is 25.2. The zero-order valence-corrected chi connectivity index (χ0v) is 14.6. The third-order valence-corrected chi connectivity index (χ3v) is 5.14. The molecule has 0 aliphatic heterocycles. The van der Waals surface area contributed by atoms with E-state index in [9.17, 15) is 14.7 Å². The number of hydrogen-bond donors (Lipinski definition) is 2. The van der Waals surface area contributed by atoms with Gasteiger partial charge in [-0.05, 0) is 43.1 Å². The van der Waals surface area contributed by atoms with Crippen molar-refractivity contribution in [3.05, 3.63) is 34.2 Å². The van der Waals surface area contributed by atoms with Gasteiger partial charge in [-0.25, -0.2) is 0 Å². The molecule has 5 heteroatoms. The maximum atomic E-state index is 12.2. The highest BCUT2D eigenvalue weighted by Gasteiger charge is 2.37. The van der Waals surface area contributed by atoms with Gasteiger partial charge in [0.05, 0.1) is 5.60 Å². The molecule has 2 rings (SSSR count). The molecule has 0 bridgehead atoms. The zero-order valence-electron chi connectivity index (χ0n) is 14.6. The van der Waals surface area contributed by atoms with Gasteiger partial charge in [0.15, 0.2) is 0 Å². The molecule has 2 N–H and O–H groups in total. The van der Waals surface area contributed by atoms with Crippen molar-refractivity contribution in [2.75, 3.05) is 6.54 Å². The highest BCUT2D eigenvalue weighted by atomic mass is 16.3. The minimum Gasteiger partial charge on any atom is -0.388 e. The van der Waals surface area contributed by atoms with Crippen LogP contribution in [0.2, 0.25) is 0 Å². The largest absolute Gasteiger partial charge is 0.388 e. The number of hydrogen-bond acceptors (Lipinski definition) is 3. The van der Waals surface area contributed by atoms with Crippen LogP contribution in [0.25, 0.3) is 0 Å². The maximum absolute atomic E-state index is 12.2. The fourth-order valence-electron chi connectivity index (χ4n) is 3.33. The summed E-state index contributed by atoms with van der Waals surface area (Å²) in [4.78, 5) is 23.8. The number of carbonyl (C=O) groups excluding carboxylic acids is 1. The van der Waals surface area contributed by atoms with Crippen molar-refractivity contribution in [1.29, 1.82) is 0 Å². The molecule has 128 valence electrons. The molecule has 23 heavy (non-hydrogen) atoms. The van der Waals surface area contributed by atoms with Gasteiger partial charge in [0.25, 0.3) is 11.5 Å². The molecule has 1 aromatic rings. The first-order valence-corrected chi connectivity index (χ1v) is 8.29. The van der Waals surface area contributed by atoms with E-state index in [0.717, 1.165) is 12.8 Å². The standard InChI is InChI=1S/C18H28N2O3/c1-17(2,3)13-8-10-18(23,11-9-13)12-19-16(22)14-6-5-7-15(21)20(14)4/h5-7,13,23H,8-12H2,1-4H3,(H,19,22). The van der Waals surface area contributed by atoms with Crippen LogP contribution in [-0.4, -0.2) is 27.7 Å². The molecule has 0 saturated heterocycles. The van der Waals surface area contributed by atoms with Gasteiger partial charge in [-0.3, -0.25) is 9.59 Å². The Hall–Kier alpha value is -1.62. The van der Waals surface area contributed by atoms with Crippen molar-refractivity contribution in [3.8, 4) is 0 Å². The second kappa shape index (κ2) is 6.48. The summed E-state index contributed by atoms with van der Waals surface area (Å²) in [5.41, 5.74) is -0.496. The van der Waals surface area contributed by atoms with Crippen LogP contribution in [0, 0.1) is 11.3 Å². The molecule has 1 aliphatic carbocycles. The first-order chi connectivity index (χ1) is 10.6. The van der Waals surface area contributed by atoms with E-state index >= 15 is 0 Å². The molecule has 0 spiro atoms. The lowest BCUT2D eigenvalue weighted by atomic mass is 9.68. The lowest BCUT2D eigenvalue weighted by molar-refractivity contribution is -0.0229. The Balaban J connectivity index is 1.95. The van der Waals surface area contributed by atoms with Crippen LogP contribution < -0.4 is 10.9 Å². The first kappa shape index (κ1) is 17.7. The van der Waals surface area contributed by atoms with Crippen LogP contribution in [0.15, 0.2) is 23.0 Å². The summed E-state index contributed by atoms with van der Waals surface area (Å²) in [5.74, 6) is 0.282. The van der Waals surface area contributed by atoms with Gasteiger partial charge in [0.1, 0.15) is 5.69 Å². The molecule has 0 radical (unpaired) electrons. The summed E-state index contributed by atoms with van der Waals surface area (Å²) < 4.78 is 1.32. The first-order valence-electron chi connectivity index (χ1n) is 8.29. The Kier molecular flexibility index (Phi) is 4.99. The second-order valence-corrected chi connectivity index (χ2v) is 7.86. The Morgan fingerprint density at radius 3 is 2.52 bits per heavy atom. The van der Waals surface area contributed by atoms with Crippen LogP contribution in [0.4, 0.5) is 0 Å². The highest BCUT2D eigenvalue weighted by molar-refractivity contribution is 5.92. The molecular formula is C18H28N2O3. The van der Waals surface area contributed by atoms with Crippen LogP contribution in [0.5, 0.6) is 0 Å². The Labute approximate surface area is 137 Å². The summed E-state index contributed by atoms with van der Waals surface area (Å²) in [5, 5.41) is 13.5. The number of amides is 1. The molecule has 1 heterocycles. The van der Waals surface area contributed by atoms with Crippen LogP contribution in [0.3, 0.4) is 0 Å². The van der Waals surface area contributed by atoms with Gasteiger partial charge in [0.2, 0.25) is 0 Å². The molecule has 1 aliphatic rings. The summed E-state index contributed by atoms with van der Waals surface area (Å²) in [7, 11) is 1.57. The molecule has 0 atom stereocenters. The van der Waals surface area contributed by atoms with Crippen LogP contribution in [-0.2, 0) is 7.05 Å². The molecule has 1 amide bonds. The smallest absolute Gasteiger partial charge is 0.268 e. The van der Waals surface area contributed by atoms with E-state index in [0.29, 0.717) is 24.5 Å². The second-order valence-electron chi connectivity index (χ2n) is 7.86. The quantitative estimate of drug-likeness (QED) is 0.896. The fraction of sp³-hybridized carbons (Fsp3) is 0.667. The fourth-order valence-corrected chi connectivity index (χ4v) is 3.33. The van der Waals surface area contributed by atoms with E-state index in [1.54, 1.807) is 19.2 Å². The molecule has 0 aromatic carbocycles. The number of carbonyl (C=O) groups is 1. The number of aliphatic hydroxyl groups is 1. The van der Waals surface area contributed by atoms with Crippen LogP contribution in [0.1, 0.15) is 56.9 Å². The Morgan fingerprint density at radius 2 is 1.96 bits per heavy atom. The third-order valence-electron chi connectivity index (χ3n) is 5.14. The topological polar surface area (TPSA) is 71.3 Å². The number of rotatable bonds is 3. The van der Waals surface area contributed by atoms with E-state index in [-0.39, 0.29) is 23.4 Å². The third kappa shape index (κ3) is 4.22. The average molecular weight is 320 g/mol. The maximum Gasteiger partial charge on any atom is 0.268 e. The minimum absolute atomic E-state index is 0.220. The number of nitrogens with one attached hydrogen (secondary N) is 1. The molecule has 1 saturated carbocycles. The monoisotopic (exact) mass is 320 g/mol. The number of nitrogens with zero attached hydrogens (tertiary/aromatic N) is 1. The van der Waals surface area contributed by atoms with Gasteiger partial charge >= 0.3 is 0 Å². The van der Waals surface area contributed by atoms with Gasteiger partial charge in [-0.15, -0.1) is 0 Å². The molecular weight excluding hydrogens is 292 g/mol. The zero-order chi connectivity index (χ0) is 17.3. The lowest BCUT2D eigenvalue weighted by Gasteiger charge is -2.41. The molecule has 5 nitrogen and oxygen atoms in total. The van der Waals surface area contributed by atoms with Crippen molar-refractivity contribution < 1.29 is 9.90 Å². The van der Waals surface area contributed by atoms with Crippen molar-refractivity contribution >= 4 is 5.91 Å². The van der Waals surface area contributed by atoms with Gasteiger partial charge in [-0.2, -0.15) is 0 Å². The summed E-state index contributed by atoms with van der Waals surface area (Å²) >= 11 is 0. The van der Waals surface area contributed by atoms with Crippen molar-refractivity contribution in [1.82, 2.24) is 9.88 Å². The van der Waals surface area contributed by atoms with Crippen LogP contribution >= 0.6 is 0 Å². The summed E-state index contributed by atoms with van der Waals surface area (Å²) in [6.07, 6.45) is 3.34. The summed E-state index contributed by atoms with van der Waals surface area (Å²) in [6, 6.07) is 4.59. The summed E-state index contributed by atoms with van der Waals surface area (Å²) in [6.45, 7) is 6.94. The Morgan fingerprint density at radius 1 is 1.35 bits per heavy atom. The lowest BCUT2D eigenvalue weighted by Crippen LogP contribution is -2.47. The molecule has 1 aromatic heterocycles. The SMILES string of the molecule is Cn1c(C(=O)NCC2(O)CCC(C(C)(C)C)CC2)cccc1=O. The van der Waals surface area contributed by atoms with E-state index in [1.807, 2.05) is 0 Å². The van der Waals surface area contributed by atoms with Gasteiger partial charge < -0.3 is 15.0 Å². The predicted molar refractivity (Wildman–Crippen MR) is 90.4 cm³/mol. The van der Waals surface area contributed by atoms with Gasteiger partial charge in [-0.1, -0.05) is 26.8 Å². The molecule has 1 fully saturated rings. The van der Waals surface area contributed by atoms with Crippen molar-refractivity contribution in [3.63, 3.8) is 0 Å². The molecule has 0 unspecified atom stereocenters. The minimum atomic E-state index is -0.842. The van der Waals surface area contributed by atoms with E-state index in [1.165, 1.54) is 10.6 Å². The van der Waals surface area contributed by atoms with E-state index in [4.69, 9.17) is 0 Å². The number of pyridine rings is 1. The number of aromatic nitrogens is 1.